The minimum absolute atomic E-state index is 0.133. The Bertz CT molecular complexity index is 857. The fraction of sp³-hybridized carbons (Fsp3) is 0.368. The van der Waals surface area contributed by atoms with Gasteiger partial charge >= 0.3 is 0 Å². The van der Waals surface area contributed by atoms with Crippen LogP contribution in [0.1, 0.15) is 24.4 Å². The number of likely N-dealkylation sites (N-methyl/N-ethyl adjacent to an activating group) is 1. The second-order valence-electron chi connectivity index (χ2n) is 5.94. The van der Waals surface area contributed by atoms with E-state index in [1.165, 1.54) is 11.2 Å². The van der Waals surface area contributed by atoms with Crippen molar-refractivity contribution in [2.24, 2.45) is 0 Å². The number of carbonyl (C=O) groups excluding carboxylic acids is 1. The molecule has 26 heavy (non-hydrogen) atoms. The number of quaternary nitrogens is 1. The number of amides is 1. The molecule has 1 aromatic carbocycles. The molecule has 0 aliphatic rings. The highest BCUT2D eigenvalue weighted by molar-refractivity contribution is 7.98. The molecule has 0 aliphatic heterocycles. The number of anilines is 1. The summed E-state index contributed by atoms with van der Waals surface area (Å²) in [7, 11) is 0. The van der Waals surface area contributed by atoms with Crippen molar-refractivity contribution in [1.82, 2.24) is 4.98 Å². The molecule has 1 N–H and O–H groups in total. The number of nitrogens with zero attached hydrogens (tertiary/aromatic N) is 2. The van der Waals surface area contributed by atoms with E-state index in [4.69, 9.17) is 9.40 Å². The first-order valence-electron chi connectivity index (χ1n) is 8.80. The standard InChI is InChI=1S/C19H23N3O2S2/c1-4-21(5-2)11-12-22(18(23)14-8-7-13-24-14)19-20-17-15(25-3)9-6-10-16(17)26-19/h6-10,13H,4-5,11-12H2,1-3H3/p+1. The van der Waals surface area contributed by atoms with Crippen LogP contribution < -0.4 is 9.80 Å². The Morgan fingerprint density at radius 1 is 1.27 bits per heavy atom. The van der Waals surface area contributed by atoms with Gasteiger partial charge in [-0.15, -0.1) is 11.8 Å². The smallest absolute Gasteiger partial charge is 0.295 e. The van der Waals surface area contributed by atoms with Crippen LogP contribution in [-0.2, 0) is 0 Å². The number of thiazole rings is 1. The summed E-state index contributed by atoms with van der Waals surface area (Å²) < 4.78 is 6.45. The van der Waals surface area contributed by atoms with Crippen LogP contribution in [0.3, 0.4) is 0 Å². The number of carbonyl (C=O) groups is 1. The van der Waals surface area contributed by atoms with E-state index in [2.05, 4.69) is 26.0 Å². The number of thioether (sulfide) groups is 1. The van der Waals surface area contributed by atoms with Crippen molar-refractivity contribution in [2.75, 3.05) is 37.3 Å². The lowest BCUT2D eigenvalue weighted by Crippen LogP contribution is -3.12. The van der Waals surface area contributed by atoms with Crippen molar-refractivity contribution >= 4 is 44.4 Å². The van der Waals surface area contributed by atoms with Crippen LogP contribution >= 0.6 is 23.1 Å². The lowest BCUT2D eigenvalue weighted by atomic mass is 10.3. The van der Waals surface area contributed by atoms with Crippen molar-refractivity contribution in [2.45, 2.75) is 18.7 Å². The molecule has 0 fully saturated rings. The lowest BCUT2D eigenvalue weighted by Gasteiger charge is -2.22. The maximum Gasteiger partial charge on any atom is 0.295 e. The SMILES string of the molecule is CC[NH+](CC)CCN(C(=O)c1ccco1)c1nc2c(SC)cccc2s1. The molecule has 2 aromatic heterocycles. The van der Waals surface area contributed by atoms with E-state index in [1.807, 2.05) is 12.3 Å². The van der Waals surface area contributed by atoms with Crippen LogP contribution in [0.2, 0.25) is 0 Å². The summed E-state index contributed by atoms with van der Waals surface area (Å²) in [5.41, 5.74) is 0.965. The number of fused-ring (bicyclic) bond motifs is 1. The quantitative estimate of drug-likeness (QED) is 0.600. The summed E-state index contributed by atoms with van der Waals surface area (Å²) in [6, 6.07) is 9.61. The highest BCUT2D eigenvalue weighted by Gasteiger charge is 2.25. The summed E-state index contributed by atoms with van der Waals surface area (Å²) in [6.45, 7) is 7.90. The van der Waals surface area contributed by atoms with Gasteiger partial charge in [0.1, 0.15) is 0 Å². The van der Waals surface area contributed by atoms with Crippen LogP contribution in [0.5, 0.6) is 0 Å². The summed E-state index contributed by atoms with van der Waals surface area (Å²) in [4.78, 5) is 22.2. The molecule has 138 valence electrons. The molecular weight excluding hydrogens is 366 g/mol. The molecular formula is C19H24N3O2S2+. The maximum absolute atomic E-state index is 13.0. The van der Waals surface area contributed by atoms with Crippen LogP contribution in [0, 0.1) is 0 Å². The van der Waals surface area contributed by atoms with E-state index < -0.39 is 0 Å². The van der Waals surface area contributed by atoms with E-state index in [9.17, 15) is 4.79 Å². The molecule has 0 spiro atoms. The van der Waals surface area contributed by atoms with Crippen molar-refractivity contribution in [3.05, 3.63) is 42.4 Å². The monoisotopic (exact) mass is 390 g/mol. The van der Waals surface area contributed by atoms with E-state index in [-0.39, 0.29) is 5.91 Å². The number of benzene rings is 1. The van der Waals surface area contributed by atoms with Gasteiger partial charge in [-0.05, 0) is 44.4 Å². The van der Waals surface area contributed by atoms with Gasteiger partial charge in [-0.1, -0.05) is 17.4 Å². The molecule has 0 saturated carbocycles. The summed E-state index contributed by atoms with van der Waals surface area (Å²) >= 11 is 3.23. The van der Waals surface area contributed by atoms with Gasteiger partial charge in [0.05, 0.1) is 42.7 Å². The molecule has 0 saturated heterocycles. The van der Waals surface area contributed by atoms with Crippen LogP contribution in [0.25, 0.3) is 10.2 Å². The average molecular weight is 391 g/mol. The largest absolute Gasteiger partial charge is 0.459 e. The number of hydrogen-bond acceptors (Lipinski definition) is 5. The zero-order chi connectivity index (χ0) is 18.5. The first kappa shape index (κ1) is 18.9. The molecule has 2 heterocycles. The van der Waals surface area contributed by atoms with Crippen LogP contribution in [-0.4, -0.2) is 43.3 Å². The highest BCUT2D eigenvalue weighted by Crippen LogP contribution is 2.34. The van der Waals surface area contributed by atoms with E-state index in [0.717, 1.165) is 39.9 Å². The third kappa shape index (κ3) is 3.95. The van der Waals surface area contributed by atoms with Crippen molar-refractivity contribution in [3.8, 4) is 0 Å². The Morgan fingerprint density at radius 2 is 2.08 bits per heavy atom. The Balaban J connectivity index is 1.95. The van der Waals surface area contributed by atoms with E-state index in [0.29, 0.717) is 12.3 Å². The number of rotatable bonds is 8. The summed E-state index contributed by atoms with van der Waals surface area (Å²) in [5.74, 6) is 0.218. The number of aromatic nitrogens is 1. The third-order valence-electron chi connectivity index (χ3n) is 4.49. The molecule has 0 bridgehead atoms. The molecule has 0 radical (unpaired) electrons. The molecule has 7 heteroatoms. The molecule has 1 amide bonds. The van der Waals surface area contributed by atoms with Gasteiger partial charge in [-0.2, -0.15) is 0 Å². The third-order valence-corrected chi connectivity index (χ3v) is 6.30. The van der Waals surface area contributed by atoms with E-state index in [1.54, 1.807) is 40.1 Å². The fourth-order valence-electron chi connectivity index (χ4n) is 2.88. The Morgan fingerprint density at radius 3 is 2.73 bits per heavy atom. The Labute approximate surface area is 162 Å². The zero-order valence-electron chi connectivity index (χ0n) is 15.3. The molecule has 5 nitrogen and oxygen atoms in total. The molecule has 0 unspecified atom stereocenters. The van der Waals surface area contributed by atoms with E-state index >= 15 is 0 Å². The number of hydrogen-bond donors (Lipinski definition) is 1. The van der Waals surface area contributed by atoms with Gasteiger partial charge in [-0.3, -0.25) is 9.69 Å². The average Bonchev–Trinajstić information content (AvgIpc) is 3.34. The fourth-order valence-corrected chi connectivity index (χ4v) is 4.53. The topological polar surface area (TPSA) is 50.8 Å². The van der Waals surface area contributed by atoms with Crippen molar-refractivity contribution in [1.29, 1.82) is 0 Å². The molecule has 3 rings (SSSR count). The lowest BCUT2D eigenvalue weighted by molar-refractivity contribution is -0.894. The predicted octanol–water partition coefficient (Wildman–Crippen LogP) is 3.18. The predicted molar refractivity (Wildman–Crippen MR) is 109 cm³/mol. The minimum Gasteiger partial charge on any atom is -0.459 e. The first-order valence-corrected chi connectivity index (χ1v) is 10.8. The zero-order valence-corrected chi connectivity index (χ0v) is 17.0. The van der Waals surface area contributed by atoms with Crippen molar-refractivity contribution < 1.29 is 14.1 Å². The number of furan rings is 1. The summed E-state index contributed by atoms with van der Waals surface area (Å²) in [6.07, 6.45) is 3.58. The summed E-state index contributed by atoms with van der Waals surface area (Å²) in [5, 5.41) is 0.731. The van der Waals surface area contributed by atoms with Crippen molar-refractivity contribution in [3.63, 3.8) is 0 Å². The minimum atomic E-state index is -0.133. The first-order chi connectivity index (χ1) is 12.7. The second kappa shape index (κ2) is 8.70. The molecule has 0 atom stereocenters. The van der Waals surface area contributed by atoms with Gasteiger partial charge in [0, 0.05) is 4.90 Å². The Hall–Kier alpha value is -1.83. The second-order valence-corrected chi connectivity index (χ2v) is 7.80. The Kier molecular flexibility index (Phi) is 6.34. The molecule has 0 aliphatic carbocycles. The van der Waals surface area contributed by atoms with Crippen LogP contribution in [0.15, 0.2) is 45.9 Å². The normalized spacial score (nSPS) is 11.4. The van der Waals surface area contributed by atoms with Gasteiger partial charge in [0.15, 0.2) is 10.9 Å². The number of nitrogens with one attached hydrogen (secondary N) is 1. The van der Waals surface area contributed by atoms with Gasteiger partial charge in [-0.25, -0.2) is 4.98 Å². The maximum atomic E-state index is 13.0. The van der Waals surface area contributed by atoms with Gasteiger partial charge in [0.25, 0.3) is 5.91 Å². The van der Waals surface area contributed by atoms with Gasteiger partial charge < -0.3 is 9.32 Å². The van der Waals surface area contributed by atoms with Gasteiger partial charge in [0.2, 0.25) is 0 Å². The highest BCUT2D eigenvalue weighted by atomic mass is 32.2. The number of para-hydroxylation sites is 1. The van der Waals surface area contributed by atoms with Crippen LogP contribution in [0.4, 0.5) is 5.13 Å². The molecule has 3 aromatic rings.